The second-order valence-electron chi connectivity index (χ2n) is 7.62. The van der Waals surface area contributed by atoms with Crippen molar-refractivity contribution in [3.63, 3.8) is 0 Å². The summed E-state index contributed by atoms with van der Waals surface area (Å²) < 4.78 is 26.1. The van der Waals surface area contributed by atoms with Crippen LogP contribution in [0.1, 0.15) is 21.6 Å². The molecular weight excluding hydrogens is 443 g/mol. The third kappa shape index (κ3) is 4.83. The Morgan fingerprint density at radius 2 is 2.00 bits per heavy atom. The van der Waals surface area contributed by atoms with Crippen molar-refractivity contribution in [2.24, 2.45) is 0 Å². The van der Waals surface area contributed by atoms with Gasteiger partial charge in [-0.3, -0.25) is 14.4 Å². The van der Waals surface area contributed by atoms with Gasteiger partial charge in [-0.05, 0) is 36.8 Å². The first-order chi connectivity index (χ1) is 16.3. The molecule has 34 heavy (non-hydrogen) atoms. The number of halogens is 1. The molecule has 0 atom stereocenters. The van der Waals surface area contributed by atoms with E-state index in [2.05, 4.69) is 5.32 Å². The van der Waals surface area contributed by atoms with E-state index in [1.54, 1.807) is 29.7 Å². The molecule has 174 valence electrons. The second-order valence-corrected chi connectivity index (χ2v) is 7.62. The quantitative estimate of drug-likeness (QED) is 0.435. The van der Waals surface area contributed by atoms with Crippen LogP contribution in [0.3, 0.4) is 0 Å². The number of amides is 1. The van der Waals surface area contributed by atoms with Crippen molar-refractivity contribution in [2.75, 3.05) is 6.54 Å². The van der Waals surface area contributed by atoms with E-state index in [1.807, 2.05) is 0 Å². The maximum atomic E-state index is 13.3. The van der Waals surface area contributed by atoms with Gasteiger partial charge in [-0.1, -0.05) is 12.1 Å². The van der Waals surface area contributed by atoms with Crippen LogP contribution in [-0.4, -0.2) is 22.1 Å². The highest BCUT2D eigenvalue weighted by atomic mass is 19.1. The Labute approximate surface area is 192 Å². The largest absolute Gasteiger partial charge is 0.503 e. The van der Waals surface area contributed by atoms with Gasteiger partial charge in [-0.25, -0.2) is 4.39 Å². The molecule has 0 aliphatic carbocycles. The van der Waals surface area contributed by atoms with Crippen LogP contribution in [0.25, 0.3) is 11.0 Å². The third-order valence-electron chi connectivity index (χ3n) is 5.34. The van der Waals surface area contributed by atoms with Crippen LogP contribution >= 0.6 is 0 Å². The van der Waals surface area contributed by atoms with Crippen molar-refractivity contribution < 1.29 is 23.4 Å². The summed E-state index contributed by atoms with van der Waals surface area (Å²) in [6.07, 6.45) is 2.61. The Kier molecular flexibility index (Phi) is 6.44. The molecular formula is C25H21FN2O6. The van der Waals surface area contributed by atoms with Gasteiger partial charge in [0.15, 0.2) is 5.75 Å². The Bertz CT molecular complexity index is 1490. The van der Waals surface area contributed by atoms with Crippen molar-refractivity contribution >= 4 is 16.9 Å². The molecule has 0 saturated carbocycles. The van der Waals surface area contributed by atoms with Crippen LogP contribution < -0.4 is 20.9 Å². The molecule has 0 bridgehead atoms. The fourth-order valence-electron chi connectivity index (χ4n) is 3.44. The fraction of sp³-hybridized carbons (Fsp3) is 0.160. The molecule has 4 rings (SSSR count). The van der Waals surface area contributed by atoms with Crippen molar-refractivity contribution in [3.8, 4) is 11.5 Å². The van der Waals surface area contributed by atoms with Gasteiger partial charge in [-0.2, -0.15) is 0 Å². The number of nitrogens with one attached hydrogen (secondary N) is 1. The van der Waals surface area contributed by atoms with Gasteiger partial charge in [0.25, 0.3) is 5.91 Å². The Balaban J connectivity index is 1.43. The summed E-state index contributed by atoms with van der Waals surface area (Å²) in [5.74, 6) is -0.881. The number of fused-ring (bicyclic) bond motifs is 1. The van der Waals surface area contributed by atoms with Crippen LogP contribution in [0.4, 0.5) is 4.39 Å². The molecule has 0 aliphatic rings. The SMILES string of the molecule is Cc1c(O)c(=O)ccn1CCNC(=O)c1coc2cc(OCc3cccc(F)c3)ccc2c1=O. The molecule has 9 heteroatoms. The molecule has 0 unspecified atom stereocenters. The van der Waals surface area contributed by atoms with Gasteiger partial charge in [0.05, 0.1) is 11.1 Å². The monoisotopic (exact) mass is 464 g/mol. The minimum atomic E-state index is -0.606. The predicted molar refractivity (Wildman–Crippen MR) is 123 cm³/mol. The summed E-state index contributed by atoms with van der Waals surface area (Å²) in [4.78, 5) is 36.8. The van der Waals surface area contributed by atoms with E-state index in [0.717, 1.165) is 6.26 Å². The van der Waals surface area contributed by atoms with Gasteiger partial charge < -0.3 is 24.1 Å². The van der Waals surface area contributed by atoms with Gasteiger partial charge in [-0.15, -0.1) is 0 Å². The van der Waals surface area contributed by atoms with Gasteiger partial charge >= 0.3 is 0 Å². The Morgan fingerprint density at radius 3 is 2.79 bits per heavy atom. The number of benzene rings is 2. The third-order valence-corrected chi connectivity index (χ3v) is 5.34. The van der Waals surface area contributed by atoms with E-state index in [9.17, 15) is 23.9 Å². The van der Waals surface area contributed by atoms with Crippen LogP contribution in [0, 0.1) is 12.7 Å². The number of aromatic nitrogens is 1. The zero-order valence-corrected chi connectivity index (χ0v) is 18.2. The van der Waals surface area contributed by atoms with E-state index >= 15 is 0 Å². The number of carbonyl (C=O) groups excluding carboxylic acids is 1. The van der Waals surface area contributed by atoms with Crippen molar-refractivity contribution in [3.05, 3.63) is 104 Å². The molecule has 8 nitrogen and oxygen atoms in total. The number of carbonyl (C=O) groups is 1. The van der Waals surface area contributed by atoms with E-state index < -0.39 is 16.8 Å². The lowest BCUT2D eigenvalue weighted by Crippen LogP contribution is -2.31. The highest BCUT2D eigenvalue weighted by Crippen LogP contribution is 2.20. The highest BCUT2D eigenvalue weighted by Gasteiger charge is 2.15. The van der Waals surface area contributed by atoms with Crippen molar-refractivity contribution in [2.45, 2.75) is 20.1 Å². The first-order valence-electron chi connectivity index (χ1n) is 10.4. The smallest absolute Gasteiger partial charge is 0.258 e. The average Bonchev–Trinajstić information content (AvgIpc) is 2.83. The number of aromatic hydroxyl groups is 1. The predicted octanol–water partition coefficient (Wildman–Crippen LogP) is 3.12. The summed E-state index contributed by atoms with van der Waals surface area (Å²) in [5, 5.41) is 12.6. The molecule has 2 heterocycles. The molecule has 0 radical (unpaired) electrons. The van der Waals surface area contributed by atoms with Crippen LogP contribution in [0.2, 0.25) is 0 Å². The molecule has 2 N–H and O–H groups in total. The zero-order valence-electron chi connectivity index (χ0n) is 18.2. The minimum Gasteiger partial charge on any atom is -0.503 e. The number of nitrogens with zero attached hydrogens (tertiary/aromatic N) is 1. The summed E-state index contributed by atoms with van der Waals surface area (Å²) in [6, 6.07) is 11.9. The van der Waals surface area contributed by atoms with Crippen LogP contribution in [0.15, 0.2) is 75.0 Å². The molecule has 1 amide bonds. The van der Waals surface area contributed by atoms with Crippen LogP contribution in [-0.2, 0) is 13.2 Å². The van der Waals surface area contributed by atoms with E-state index in [-0.39, 0.29) is 47.8 Å². The molecule has 0 fully saturated rings. The average molecular weight is 464 g/mol. The number of rotatable bonds is 7. The van der Waals surface area contributed by atoms with E-state index in [4.69, 9.17) is 9.15 Å². The number of ether oxygens (including phenoxy) is 1. The summed E-state index contributed by atoms with van der Waals surface area (Å²) in [6.45, 7) is 2.18. The fourth-order valence-corrected chi connectivity index (χ4v) is 3.44. The van der Waals surface area contributed by atoms with Crippen molar-refractivity contribution in [1.82, 2.24) is 9.88 Å². The summed E-state index contributed by atoms with van der Waals surface area (Å²) in [5.41, 5.74) is 0.156. The van der Waals surface area contributed by atoms with Crippen LogP contribution in [0.5, 0.6) is 11.5 Å². The van der Waals surface area contributed by atoms with Gasteiger partial charge in [0, 0.05) is 31.4 Å². The first kappa shape index (κ1) is 22.8. The molecule has 2 aromatic carbocycles. The minimum absolute atomic E-state index is 0.140. The Morgan fingerprint density at radius 1 is 1.18 bits per heavy atom. The molecule has 0 saturated heterocycles. The van der Waals surface area contributed by atoms with Gasteiger partial charge in [0.2, 0.25) is 10.9 Å². The molecule has 0 aliphatic heterocycles. The lowest BCUT2D eigenvalue weighted by Gasteiger charge is -2.12. The number of hydrogen-bond acceptors (Lipinski definition) is 6. The molecule has 0 spiro atoms. The highest BCUT2D eigenvalue weighted by molar-refractivity contribution is 5.96. The maximum Gasteiger partial charge on any atom is 0.258 e. The van der Waals surface area contributed by atoms with E-state index in [1.165, 1.54) is 36.5 Å². The van der Waals surface area contributed by atoms with Gasteiger partial charge in [0.1, 0.15) is 35.6 Å². The second kappa shape index (κ2) is 9.62. The van der Waals surface area contributed by atoms with Crippen molar-refractivity contribution in [1.29, 1.82) is 0 Å². The summed E-state index contributed by atoms with van der Waals surface area (Å²) in [7, 11) is 0. The van der Waals surface area contributed by atoms with E-state index in [0.29, 0.717) is 17.0 Å². The maximum absolute atomic E-state index is 13.3. The number of pyridine rings is 1. The standard InChI is InChI=1S/C25H21FN2O6/c1-15-23(30)21(29)7-9-28(15)10-8-27-25(32)20-14-34-22-12-18(5-6-19(22)24(20)31)33-13-16-3-2-4-17(26)11-16/h2-7,9,11-12,14,30H,8,10,13H2,1H3,(H,27,32). The first-order valence-corrected chi connectivity index (χ1v) is 10.4. The summed E-state index contributed by atoms with van der Waals surface area (Å²) >= 11 is 0. The topological polar surface area (TPSA) is 111 Å². The molecule has 4 aromatic rings. The number of hydrogen-bond donors (Lipinski definition) is 2. The normalized spacial score (nSPS) is 10.9. The Hall–Kier alpha value is -4.40. The molecule has 2 aromatic heterocycles. The lowest BCUT2D eigenvalue weighted by atomic mass is 10.1. The zero-order chi connectivity index (χ0) is 24.2. The lowest BCUT2D eigenvalue weighted by molar-refractivity contribution is 0.0949.